The van der Waals surface area contributed by atoms with E-state index < -0.39 is 0 Å². The Balaban J connectivity index is 1.91. The number of likely N-dealkylation sites (tertiary alicyclic amines) is 1. The number of nitriles is 1. The van der Waals surface area contributed by atoms with Crippen LogP contribution in [0.4, 0.5) is 0 Å². The number of rotatable bonds is 4. The summed E-state index contributed by atoms with van der Waals surface area (Å²) < 4.78 is 0. The molecule has 1 heterocycles. The maximum Gasteiger partial charge on any atom is 0.0839 e. The van der Waals surface area contributed by atoms with E-state index in [4.69, 9.17) is 5.11 Å². The van der Waals surface area contributed by atoms with E-state index >= 15 is 0 Å². The maximum absolute atomic E-state index is 9.29. The number of nitrogens with zero attached hydrogens (tertiary/aromatic N) is 2. The number of benzene rings is 1. The molecule has 1 aromatic carbocycles. The second-order valence-electron chi connectivity index (χ2n) is 5.02. The predicted octanol–water partition coefficient (Wildman–Crippen LogP) is 2.00. The first-order valence-electron chi connectivity index (χ1n) is 6.61. The highest BCUT2D eigenvalue weighted by molar-refractivity contribution is 5.25. The van der Waals surface area contributed by atoms with Crippen molar-refractivity contribution in [2.75, 3.05) is 26.2 Å². The predicted molar refractivity (Wildman–Crippen MR) is 71.0 cm³/mol. The van der Waals surface area contributed by atoms with Crippen molar-refractivity contribution in [1.29, 1.82) is 5.26 Å². The molecule has 2 rings (SSSR count). The van der Waals surface area contributed by atoms with Gasteiger partial charge in [-0.3, -0.25) is 0 Å². The van der Waals surface area contributed by atoms with Crippen molar-refractivity contribution in [3.05, 3.63) is 35.9 Å². The van der Waals surface area contributed by atoms with Gasteiger partial charge in [-0.2, -0.15) is 5.26 Å². The zero-order valence-corrected chi connectivity index (χ0v) is 10.6. The summed E-state index contributed by atoms with van der Waals surface area (Å²) in [5.41, 5.74) is 1.10. The minimum absolute atomic E-state index is 0.0446. The molecule has 0 aromatic heterocycles. The molecule has 1 fully saturated rings. The van der Waals surface area contributed by atoms with Gasteiger partial charge in [0.2, 0.25) is 0 Å². The molecular weight excluding hydrogens is 224 g/mol. The van der Waals surface area contributed by atoms with Crippen molar-refractivity contribution in [2.45, 2.75) is 18.8 Å². The van der Waals surface area contributed by atoms with Gasteiger partial charge in [-0.15, -0.1) is 0 Å². The van der Waals surface area contributed by atoms with Crippen molar-refractivity contribution in [1.82, 2.24) is 4.90 Å². The number of hydrogen-bond donors (Lipinski definition) is 1. The summed E-state index contributed by atoms with van der Waals surface area (Å²) >= 11 is 0. The quantitative estimate of drug-likeness (QED) is 0.881. The fourth-order valence-electron chi connectivity index (χ4n) is 2.52. The van der Waals surface area contributed by atoms with Crippen LogP contribution >= 0.6 is 0 Å². The van der Waals surface area contributed by atoms with Crippen LogP contribution in [0.15, 0.2) is 30.3 Å². The average Bonchev–Trinajstić information content (AvgIpc) is 2.46. The van der Waals surface area contributed by atoms with E-state index in [1.165, 1.54) is 0 Å². The minimum Gasteiger partial charge on any atom is -0.396 e. The molecule has 0 bridgehead atoms. The summed E-state index contributed by atoms with van der Waals surface area (Å²) in [5, 5.41) is 18.4. The summed E-state index contributed by atoms with van der Waals surface area (Å²) in [5.74, 6) is 0.412. The van der Waals surface area contributed by atoms with Gasteiger partial charge >= 0.3 is 0 Å². The zero-order chi connectivity index (χ0) is 12.8. The lowest BCUT2D eigenvalue weighted by atomic mass is 9.95. The van der Waals surface area contributed by atoms with Gasteiger partial charge in [0.15, 0.2) is 0 Å². The molecule has 1 aliphatic rings. The fraction of sp³-hybridized carbons (Fsp3) is 0.533. The molecule has 1 atom stereocenters. The molecule has 0 saturated carbocycles. The fourth-order valence-corrected chi connectivity index (χ4v) is 2.52. The summed E-state index contributed by atoms with van der Waals surface area (Å²) in [6.45, 7) is 3.10. The first-order chi connectivity index (χ1) is 8.83. The molecule has 18 heavy (non-hydrogen) atoms. The molecule has 1 saturated heterocycles. The van der Waals surface area contributed by atoms with Crippen molar-refractivity contribution in [2.24, 2.45) is 5.92 Å². The van der Waals surface area contributed by atoms with E-state index in [0.717, 1.165) is 38.0 Å². The van der Waals surface area contributed by atoms with Crippen LogP contribution in [-0.2, 0) is 0 Å². The molecule has 1 unspecified atom stereocenters. The van der Waals surface area contributed by atoms with Crippen molar-refractivity contribution >= 4 is 0 Å². The first kappa shape index (κ1) is 13.1. The number of piperidine rings is 1. The Labute approximate surface area is 109 Å². The van der Waals surface area contributed by atoms with Gasteiger partial charge in [-0.05, 0) is 37.4 Å². The van der Waals surface area contributed by atoms with Crippen LogP contribution < -0.4 is 0 Å². The Morgan fingerprint density at radius 3 is 2.50 bits per heavy atom. The van der Waals surface area contributed by atoms with E-state index in [9.17, 15) is 5.26 Å². The summed E-state index contributed by atoms with van der Waals surface area (Å²) in [4.78, 5) is 2.34. The molecule has 3 heteroatoms. The number of hydrogen-bond acceptors (Lipinski definition) is 3. The van der Waals surface area contributed by atoms with Crippen LogP contribution in [0, 0.1) is 17.2 Å². The smallest absolute Gasteiger partial charge is 0.0839 e. The van der Waals surface area contributed by atoms with E-state index in [-0.39, 0.29) is 5.92 Å². The molecule has 0 spiro atoms. The van der Waals surface area contributed by atoms with Crippen LogP contribution in [0.3, 0.4) is 0 Å². The third-order valence-corrected chi connectivity index (χ3v) is 3.76. The SMILES string of the molecule is N#CC(CN1CCC(CO)CC1)c1ccccc1. The largest absolute Gasteiger partial charge is 0.396 e. The van der Waals surface area contributed by atoms with Gasteiger partial charge in [-0.25, -0.2) is 0 Å². The number of aliphatic hydroxyl groups is 1. The summed E-state index contributed by atoms with van der Waals surface area (Å²) in [6.07, 6.45) is 2.09. The Morgan fingerprint density at radius 1 is 1.28 bits per heavy atom. The Bertz CT molecular complexity index is 391. The van der Waals surface area contributed by atoms with Crippen LogP contribution in [0.1, 0.15) is 24.3 Å². The van der Waals surface area contributed by atoms with E-state index in [0.29, 0.717) is 12.5 Å². The highest BCUT2D eigenvalue weighted by Crippen LogP contribution is 2.21. The minimum atomic E-state index is -0.0446. The lowest BCUT2D eigenvalue weighted by molar-refractivity contribution is 0.130. The Kier molecular flexibility index (Phi) is 4.74. The second-order valence-corrected chi connectivity index (χ2v) is 5.02. The van der Waals surface area contributed by atoms with E-state index in [1.807, 2.05) is 30.3 Å². The lowest BCUT2D eigenvalue weighted by Crippen LogP contribution is -2.37. The average molecular weight is 244 g/mol. The van der Waals surface area contributed by atoms with Crippen LogP contribution in [0.25, 0.3) is 0 Å². The number of aliphatic hydroxyl groups excluding tert-OH is 1. The molecule has 1 aromatic rings. The molecule has 0 amide bonds. The third-order valence-electron chi connectivity index (χ3n) is 3.76. The van der Waals surface area contributed by atoms with Gasteiger partial charge in [0.1, 0.15) is 0 Å². The van der Waals surface area contributed by atoms with Gasteiger partial charge in [0.25, 0.3) is 0 Å². The molecule has 1 aliphatic heterocycles. The molecule has 0 aliphatic carbocycles. The van der Waals surface area contributed by atoms with Gasteiger partial charge in [-0.1, -0.05) is 30.3 Å². The highest BCUT2D eigenvalue weighted by Gasteiger charge is 2.21. The molecular formula is C15H20N2O. The first-order valence-corrected chi connectivity index (χ1v) is 6.61. The van der Waals surface area contributed by atoms with Crippen LogP contribution in [-0.4, -0.2) is 36.2 Å². The van der Waals surface area contributed by atoms with Gasteiger partial charge < -0.3 is 10.0 Å². The lowest BCUT2D eigenvalue weighted by Gasteiger charge is -2.32. The molecule has 0 radical (unpaired) electrons. The molecule has 3 nitrogen and oxygen atoms in total. The second kappa shape index (κ2) is 6.53. The Hall–Kier alpha value is -1.37. The Morgan fingerprint density at radius 2 is 1.94 bits per heavy atom. The standard InChI is InChI=1S/C15H20N2O/c16-10-15(14-4-2-1-3-5-14)11-17-8-6-13(12-18)7-9-17/h1-5,13,15,18H,6-9,11-12H2. The summed E-state index contributed by atoms with van der Waals surface area (Å²) in [6, 6.07) is 12.4. The van der Waals surface area contributed by atoms with E-state index in [1.54, 1.807) is 0 Å². The topological polar surface area (TPSA) is 47.3 Å². The van der Waals surface area contributed by atoms with Crippen molar-refractivity contribution in [3.63, 3.8) is 0 Å². The van der Waals surface area contributed by atoms with E-state index in [2.05, 4.69) is 11.0 Å². The van der Waals surface area contributed by atoms with Crippen molar-refractivity contribution in [3.8, 4) is 6.07 Å². The van der Waals surface area contributed by atoms with Gasteiger partial charge in [0.05, 0.1) is 12.0 Å². The zero-order valence-electron chi connectivity index (χ0n) is 10.6. The normalized spacial score (nSPS) is 19.3. The summed E-state index contributed by atoms with van der Waals surface area (Å²) in [7, 11) is 0. The highest BCUT2D eigenvalue weighted by atomic mass is 16.3. The van der Waals surface area contributed by atoms with Crippen LogP contribution in [0.2, 0.25) is 0 Å². The van der Waals surface area contributed by atoms with Gasteiger partial charge in [0, 0.05) is 13.2 Å². The molecule has 1 N–H and O–H groups in total. The molecule has 96 valence electrons. The van der Waals surface area contributed by atoms with Crippen LogP contribution in [0.5, 0.6) is 0 Å². The maximum atomic E-state index is 9.29. The third kappa shape index (κ3) is 3.32. The monoisotopic (exact) mass is 244 g/mol. The van der Waals surface area contributed by atoms with Crippen molar-refractivity contribution < 1.29 is 5.11 Å².